The molecule has 218 valence electrons. The molecule has 0 saturated heterocycles. The number of hydrogen-bond acceptors (Lipinski definition) is 4. The van der Waals surface area contributed by atoms with Crippen LogP contribution in [0.4, 0.5) is 0 Å². The molecule has 0 bridgehead atoms. The molecule has 0 aliphatic carbocycles. The molecule has 0 aromatic rings. The molecule has 0 saturated carbocycles. The first-order chi connectivity index (χ1) is 17.7. The molecule has 0 spiro atoms. The van der Waals surface area contributed by atoms with Gasteiger partial charge in [-0.25, -0.2) is 5.21 Å². The minimum atomic E-state index is -0.194. The molecule has 0 atom stereocenters. The Morgan fingerprint density at radius 2 is 0.865 bits per heavy atom. The van der Waals surface area contributed by atoms with E-state index in [2.05, 4.69) is 22.9 Å². The van der Waals surface area contributed by atoms with Crippen LogP contribution in [0.25, 0.3) is 0 Å². The van der Waals surface area contributed by atoms with Crippen LogP contribution in [0.2, 0.25) is 0 Å². The van der Waals surface area contributed by atoms with Crippen LogP contribution in [0.15, 0.2) is 0 Å². The Kier molecular flexibility index (Phi) is 23.5. The molecule has 37 heavy (non-hydrogen) atoms. The van der Waals surface area contributed by atoms with Crippen LogP contribution in [-0.2, 0) is 14.4 Å². The summed E-state index contributed by atoms with van der Waals surface area (Å²) in [6.07, 6.45) is 21.1. The fraction of sp³-hybridized carbons (Fsp3) is 0.897. The van der Waals surface area contributed by atoms with E-state index in [0.29, 0.717) is 39.0 Å². The van der Waals surface area contributed by atoms with Crippen LogP contribution in [0.1, 0.15) is 129 Å². The van der Waals surface area contributed by atoms with Crippen LogP contribution in [0, 0.1) is 0 Å². The van der Waals surface area contributed by atoms with E-state index in [-0.39, 0.29) is 35.2 Å². The van der Waals surface area contributed by atoms with E-state index in [9.17, 15) is 19.6 Å². The molecule has 0 unspecified atom stereocenters. The second-order valence-electron chi connectivity index (χ2n) is 10.9. The van der Waals surface area contributed by atoms with Gasteiger partial charge in [-0.05, 0) is 6.42 Å². The van der Waals surface area contributed by atoms with Crippen molar-refractivity contribution in [1.82, 2.24) is 16.0 Å². The van der Waals surface area contributed by atoms with Crippen molar-refractivity contribution in [3.05, 3.63) is 0 Å². The summed E-state index contributed by atoms with van der Waals surface area (Å²) in [7, 11) is 3.35. The Morgan fingerprint density at radius 1 is 0.514 bits per heavy atom. The number of hydroxylamine groups is 3. The Labute approximate surface area is 227 Å². The summed E-state index contributed by atoms with van der Waals surface area (Å²) in [5.41, 5.74) is 0. The summed E-state index contributed by atoms with van der Waals surface area (Å²) in [5.74, 6) is -0.330. The zero-order valence-electron chi connectivity index (χ0n) is 24.4. The first kappa shape index (κ1) is 35.3. The average molecular weight is 528 g/mol. The lowest BCUT2D eigenvalue weighted by atomic mass is 10.0. The molecule has 0 aliphatic heterocycles. The Hall–Kier alpha value is -1.67. The Morgan fingerprint density at radius 3 is 1.27 bits per heavy atom. The van der Waals surface area contributed by atoms with E-state index < -0.39 is 0 Å². The van der Waals surface area contributed by atoms with E-state index >= 15 is 0 Å². The molecule has 0 aliphatic rings. The zero-order chi connectivity index (χ0) is 27.6. The molecular formula is C29H59N4O4+. The highest BCUT2D eigenvalue weighted by Crippen LogP contribution is 2.13. The van der Waals surface area contributed by atoms with Gasteiger partial charge in [0.1, 0.15) is 6.54 Å². The van der Waals surface area contributed by atoms with Crippen molar-refractivity contribution in [2.75, 3.05) is 40.3 Å². The van der Waals surface area contributed by atoms with Crippen molar-refractivity contribution in [3.8, 4) is 0 Å². The predicted molar refractivity (Wildman–Crippen MR) is 151 cm³/mol. The maximum absolute atomic E-state index is 11.9. The van der Waals surface area contributed by atoms with E-state index in [0.717, 1.165) is 12.8 Å². The number of unbranched alkanes of at least 4 members (excludes halogenated alkanes) is 14. The number of nitrogens with one attached hydrogen (secondary N) is 3. The fourth-order valence-corrected chi connectivity index (χ4v) is 4.25. The molecule has 0 radical (unpaired) electrons. The number of carbonyl (C=O) groups is 3. The van der Waals surface area contributed by atoms with Crippen molar-refractivity contribution in [2.45, 2.75) is 129 Å². The van der Waals surface area contributed by atoms with E-state index in [1.165, 1.54) is 83.5 Å². The number of carbonyl (C=O) groups excluding carboxylic acids is 3. The topological polar surface area (TPSA) is 108 Å². The zero-order valence-corrected chi connectivity index (χ0v) is 24.4. The summed E-state index contributed by atoms with van der Waals surface area (Å²) >= 11 is 0. The van der Waals surface area contributed by atoms with E-state index in [1.807, 2.05) is 0 Å². The second kappa shape index (κ2) is 24.7. The van der Waals surface area contributed by atoms with Crippen LogP contribution in [0.3, 0.4) is 0 Å². The predicted octanol–water partition coefficient (Wildman–Crippen LogP) is 5.23. The van der Waals surface area contributed by atoms with Gasteiger partial charge in [0.25, 0.3) is 0 Å². The molecule has 0 aromatic heterocycles. The SMILES string of the molecule is CCCCCCCCCCCCCCCCCC(=O)NCCNC(=O)CCC(=O)NCCC[N+](C)(C)O. The molecule has 0 fully saturated rings. The number of nitrogens with zero attached hydrogens (tertiary/aromatic N) is 1. The van der Waals surface area contributed by atoms with E-state index in [1.54, 1.807) is 14.1 Å². The maximum Gasteiger partial charge on any atom is 0.220 e. The van der Waals surface area contributed by atoms with Gasteiger partial charge in [-0.15, -0.1) is 0 Å². The molecule has 0 aromatic carbocycles. The van der Waals surface area contributed by atoms with Gasteiger partial charge in [0, 0.05) is 45.3 Å². The normalized spacial score (nSPS) is 11.4. The van der Waals surface area contributed by atoms with Gasteiger partial charge in [-0.1, -0.05) is 96.8 Å². The number of hydrogen-bond donors (Lipinski definition) is 4. The lowest BCUT2D eigenvalue weighted by Gasteiger charge is -2.19. The third kappa shape index (κ3) is 28.7. The number of rotatable bonds is 26. The highest BCUT2D eigenvalue weighted by Gasteiger charge is 2.11. The standard InChI is InChI=1S/C29H58N4O4/c1-4-5-6-7-8-9-10-11-12-13-14-15-16-17-18-20-27(34)31-24-25-32-29(36)22-21-28(35)30-23-19-26-33(2,3)37/h37H,4-26H2,1-3H3,(H2-,30,31,32,34,35,36)/p+1. The van der Waals surface area contributed by atoms with Gasteiger partial charge in [0.05, 0.1) is 14.1 Å². The quantitative estimate of drug-likeness (QED) is 0.0701. The van der Waals surface area contributed by atoms with E-state index in [4.69, 9.17) is 0 Å². The minimum absolute atomic E-state index is 0.0352. The van der Waals surface area contributed by atoms with Gasteiger partial charge in [0.2, 0.25) is 17.7 Å². The van der Waals surface area contributed by atoms with Gasteiger partial charge >= 0.3 is 0 Å². The average Bonchev–Trinajstić information content (AvgIpc) is 2.85. The minimum Gasteiger partial charge on any atom is -0.356 e. The molecule has 0 rings (SSSR count). The summed E-state index contributed by atoms with van der Waals surface area (Å²) in [6, 6.07) is 0. The summed E-state index contributed by atoms with van der Waals surface area (Å²) in [4.78, 5) is 35.5. The van der Waals surface area contributed by atoms with Crippen LogP contribution >= 0.6 is 0 Å². The van der Waals surface area contributed by atoms with Crippen LogP contribution < -0.4 is 16.0 Å². The van der Waals surface area contributed by atoms with Crippen molar-refractivity contribution in [1.29, 1.82) is 0 Å². The van der Waals surface area contributed by atoms with Gasteiger partial charge in [-0.2, -0.15) is 4.65 Å². The molecular weight excluding hydrogens is 468 g/mol. The van der Waals surface area contributed by atoms with Crippen LogP contribution in [-0.4, -0.2) is 67.8 Å². The first-order valence-corrected chi connectivity index (χ1v) is 15.1. The van der Waals surface area contributed by atoms with Gasteiger partial charge < -0.3 is 16.0 Å². The third-order valence-corrected chi connectivity index (χ3v) is 6.56. The molecule has 8 nitrogen and oxygen atoms in total. The fourth-order valence-electron chi connectivity index (χ4n) is 4.25. The number of amides is 3. The van der Waals surface area contributed by atoms with Crippen molar-refractivity contribution >= 4 is 17.7 Å². The molecule has 8 heteroatoms. The summed E-state index contributed by atoms with van der Waals surface area (Å²) < 4.78 is -0.131. The monoisotopic (exact) mass is 527 g/mol. The van der Waals surface area contributed by atoms with Gasteiger partial charge in [0.15, 0.2) is 0 Å². The highest BCUT2D eigenvalue weighted by atomic mass is 16.5. The molecule has 3 amide bonds. The van der Waals surface area contributed by atoms with Gasteiger partial charge in [-0.3, -0.25) is 14.4 Å². The van der Waals surface area contributed by atoms with Crippen molar-refractivity contribution in [3.63, 3.8) is 0 Å². The third-order valence-electron chi connectivity index (χ3n) is 6.56. The van der Waals surface area contributed by atoms with Crippen molar-refractivity contribution < 1.29 is 24.2 Å². The molecule has 4 N–H and O–H groups in total. The summed E-state index contributed by atoms with van der Waals surface area (Å²) in [6.45, 7) is 4.07. The Bertz CT molecular complexity index is 579. The Balaban J connectivity index is 3.40. The first-order valence-electron chi connectivity index (χ1n) is 15.1. The highest BCUT2D eigenvalue weighted by molar-refractivity contribution is 5.83. The maximum atomic E-state index is 11.9. The second-order valence-corrected chi connectivity index (χ2v) is 10.9. The lowest BCUT2D eigenvalue weighted by Crippen LogP contribution is -2.38. The number of quaternary nitrogens is 1. The van der Waals surface area contributed by atoms with Crippen molar-refractivity contribution in [2.24, 2.45) is 0 Å². The summed E-state index contributed by atoms with van der Waals surface area (Å²) in [5, 5.41) is 17.9. The van der Waals surface area contributed by atoms with Crippen LogP contribution in [0.5, 0.6) is 0 Å². The molecule has 0 heterocycles. The largest absolute Gasteiger partial charge is 0.356 e. The smallest absolute Gasteiger partial charge is 0.220 e. The lowest BCUT2D eigenvalue weighted by molar-refractivity contribution is -1.07.